The highest BCUT2D eigenvalue weighted by Gasteiger charge is 2.48. The number of urea groups is 1. The summed E-state index contributed by atoms with van der Waals surface area (Å²) in [4.78, 5) is 36.6. The molecule has 3 aliphatic rings. The number of aliphatic hydroxyl groups is 6. The SMILES string of the molecule is NOC1(N)C=CN([C@@H]2O[C@H](CO)[C@@H](O)[C@H]2O)C(=O)N1.NOc1ccn([C@@H]2O[C@H](CO)[C@@H](O)[C@H]2O)c(=O)n1. The fourth-order valence-electron chi connectivity index (χ4n) is 3.68. The lowest BCUT2D eigenvalue weighted by Crippen LogP contribution is -2.64. The maximum Gasteiger partial charge on any atom is 0.353 e. The van der Waals surface area contributed by atoms with Crippen LogP contribution in [0.5, 0.6) is 5.88 Å². The molecule has 1 unspecified atom stereocenters. The molecule has 1 aromatic rings. The molecule has 0 aliphatic carbocycles. The molecule has 2 amide bonds. The minimum atomic E-state index is -1.65. The number of carbonyl (C=O) groups excluding carboxylic acids is 1. The van der Waals surface area contributed by atoms with Crippen LogP contribution < -0.4 is 33.4 Å². The Labute approximate surface area is 207 Å². The molecule has 37 heavy (non-hydrogen) atoms. The van der Waals surface area contributed by atoms with Crippen LogP contribution in [0.3, 0.4) is 0 Å². The number of nitrogens with two attached hydrogens (primary N) is 3. The van der Waals surface area contributed by atoms with E-state index in [1.165, 1.54) is 24.5 Å². The monoisotopic (exact) mass is 535 g/mol. The van der Waals surface area contributed by atoms with Crippen LogP contribution in [-0.4, -0.2) is 113 Å². The van der Waals surface area contributed by atoms with Gasteiger partial charge in [-0.25, -0.2) is 15.5 Å². The topological polar surface area (TPSA) is 304 Å². The van der Waals surface area contributed by atoms with Crippen molar-refractivity contribution in [3.63, 3.8) is 0 Å². The summed E-state index contributed by atoms with van der Waals surface area (Å²) in [6.45, 7) is -0.957. The summed E-state index contributed by atoms with van der Waals surface area (Å²) in [5.41, 5.74) is 4.78. The highest BCUT2D eigenvalue weighted by Crippen LogP contribution is 2.28. The van der Waals surface area contributed by atoms with Crippen LogP contribution >= 0.6 is 0 Å². The molecule has 19 heteroatoms. The van der Waals surface area contributed by atoms with E-state index in [0.717, 1.165) is 9.47 Å². The molecule has 0 spiro atoms. The molecule has 0 saturated carbocycles. The number of carbonyl (C=O) groups is 1. The number of hydrogen-bond donors (Lipinski definition) is 10. The van der Waals surface area contributed by atoms with E-state index < -0.39 is 79.9 Å². The smallest absolute Gasteiger partial charge is 0.353 e. The number of nitrogens with zero attached hydrogens (tertiary/aromatic N) is 3. The summed E-state index contributed by atoms with van der Waals surface area (Å²) >= 11 is 0. The third-order valence-electron chi connectivity index (χ3n) is 5.72. The number of aromatic nitrogens is 2. The summed E-state index contributed by atoms with van der Waals surface area (Å²) in [6.07, 6.45) is -5.77. The molecule has 19 nitrogen and oxygen atoms in total. The highest BCUT2D eigenvalue weighted by atomic mass is 16.7. The van der Waals surface area contributed by atoms with Crippen molar-refractivity contribution in [2.45, 2.75) is 54.9 Å². The zero-order valence-corrected chi connectivity index (χ0v) is 19.0. The van der Waals surface area contributed by atoms with E-state index in [2.05, 4.69) is 20.0 Å². The first-order chi connectivity index (χ1) is 17.5. The van der Waals surface area contributed by atoms with Crippen molar-refractivity contribution < 1.29 is 54.6 Å². The lowest BCUT2D eigenvalue weighted by molar-refractivity contribution is -0.0787. The number of hydrogen-bond acceptors (Lipinski definition) is 16. The first kappa shape index (κ1) is 28.8. The van der Waals surface area contributed by atoms with Gasteiger partial charge in [0, 0.05) is 24.5 Å². The van der Waals surface area contributed by atoms with Crippen molar-refractivity contribution >= 4 is 6.03 Å². The summed E-state index contributed by atoms with van der Waals surface area (Å²) in [5.74, 6) is 8.05. The van der Waals surface area contributed by atoms with Gasteiger partial charge in [-0.15, -0.1) is 0 Å². The van der Waals surface area contributed by atoms with Crippen LogP contribution in [-0.2, 0) is 14.3 Å². The Morgan fingerprint density at radius 2 is 1.57 bits per heavy atom. The molecular weight excluding hydrogens is 506 g/mol. The van der Waals surface area contributed by atoms with Gasteiger partial charge in [-0.3, -0.25) is 25.4 Å². The summed E-state index contributed by atoms with van der Waals surface area (Å²) in [5, 5.41) is 58.8. The fourth-order valence-corrected chi connectivity index (χ4v) is 3.68. The minimum absolute atomic E-state index is 0.0806. The van der Waals surface area contributed by atoms with Gasteiger partial charge in [0.05, 0.1) is 13.2 Å². The molecule has 0 radical (unpaired) electrons. The van der Waals surface area contributed by atoms with E-state index in [9.17, 15) is 30.0 Å². The maximum absolute atomic E-state index is 11.8. The van der Waals surface area contributed by atoms with Gasteiger partial charge in [-0.1, -0.05) is 0 Å². The van der Waals surface area contributed by atoms with E-state index in [4.69, 9.17) is 37.2 Å². The largest absolute Gasteiger partial charge is 0.394 e. The molecule has 2 saturated heterocycles. The van der Waals surface area contributed by atoms with Crippen molar-refractivity contribution in [2.24, 2.45) is 17.5 Å². The van der Waals surface area contributed by atoms with Gasteiger partial charge in [0.25, 0.3) is 0 Å². The van der Waals surface area contributed by atoms with Crippen molar-refractivity contribution in [2.75, 3.05) is 13.2 Å². The van der Waals surface area contributed by atoms with E-state index in [0.29, 0.717) is 0 Å². The number of nitrogens with one attached hydrogen (secondary N) is 1. The predicted molar refractivity (Wildman–Crippen MR) is 116 cm³/mol. The minimum Gasteiger partial charge on any atom is -0.394 e. The van der Waals surface area contributed by atoms with Crippen LogP contribution in [0, 0.1) is 0 Å². The Morgan fingerprint density at radius 1 is 1.00 bits per heavy atom. The van der Waals surface area contributed by atoms with Gasteiger partial charge < -0.3 is 45.0 Å². The molecule has 4 rings (SSSR count). The average molecular weight is 535 g/mol. The average Bonchev–Trinajstić information content (AvgIpc) is 3.34. The van der Waals surface area contributed by atoms with Crippen LogP contribution in [0.1, 0.15) is 6.23 Å². The van der Waals surface area contributed by atoms with Crippen LogP contribution in [0.25, 0.3) is 0 Å². The number of rotatable bonds is 6. The Hall–Kier alpha value is -2.79. The van der Waals surface area contributed by atoms with Gasteiger partial charge in [0.2, 0.25) is 11.7 Å². The van der Waals surface area contributed by atoms with Gasteiger partial charge in [0.1, 0.15) is 36.6 Å². The predicted octanol–water partition coefficient (Wildman–Crippen LogP) is -6.43. The van der Waals surface area contributed by atoms with Crippen molar-refractivity contribution in [3.8, 4) is 5.88 Å². The summed E-state index contributed by atoms with van der Waals surface area (Å²) < 4.78 is 11.4. The quantitative estimate of drug-likeness (QED) is 0.120. The zero-order valence-electron chi connectivity index (χ0n) is 19.0. The second kappa shape index (κ2) is 11.7. The summed E-state index contributed by atoms with van der Waals surface area (Å²) in [7, 11) is 0. The Morgan fingerprint density at radius 3 is 2.03 bits per heavy atom. The van der Waals surface area contributed by atoms with E-state index >= 15 is 0 Å². The molecular formula is C18H29N7O12. The van der Waals surface area contributed by atoms with Crippen LogP contribution in [0.4, 0.5) is 4.79 Å². The lowest BCUT2D eigenvalue weighted by atomic mass is 10.1. The molecule has 3 aliphatic heterocycles. The molecule has 4 heterocycles. The lowest BCUT2D eigenvalue weighted by Gasteiger charge is -2.35. The second-order valence-corrected chi connectivity index (χ2v) is 8.10. The van der Waals surface area contributed by atoms with Gasteiger partial charge >= 0.3 is 11.7 Å². The van der Waals surface area contributed by atoms with Crippen molar-refractivity contribution in [1.82, 2.24) is 19.8 Å². The fraction of sp³-hybridized carbons (Fsp3) is 0.611. The number of amides is 2. The molecule has 208 valence electrons. The van der Waals surface area contributed by atoms with Gasteiger partial charge in [0.15, 0.2) is 12.5 Å². The number of aliphatic hydroxyl groups excluding tert-OH is 6. The number of ether oxygens (including phenoxy) is 2. The molecule has 9 atom stereocenters. The second-order valence-electron chi connectivity index (χ2n) is 8.10. The molecule has 1 aromatic heterocycles. The third kappa shape index (κ3) is 5.87. The molecule has 0 aromatic carbocycles. The van der Waals surface area contributed by atoms with Gasteiger partial charge in [-0.2, -0.15) is 10.9 Å². The Kier molecular flexibility index (Phi) is 9.12. The summed E-state index contributed by atoms with van der Waals surface area (Å²) in [6, 6.07) is 0.571. The van der Waals surface area contributed by atoms with Crippen LogP contribution in [0.15, 0.2) is 29.3 Å². The first-order valence-corrected chi connectivity index (χ1v) is 10.7. The third-order valence-corrected chi connectivity index (χ3v) is 5.72. The van der Waals surface area contributed by atoms with Gasteiger partial charge in [-0.05, 0) is 0 Å². The van der Waals surface area contributed by atoms with Crippen LogP contribution in [0.2, 0.25) is 0 Å². The molecule has 0 bridgehead atoms. The van der Waals surface area contributed by atoms with Crippen molar-refractivity contribution in [1.29, 1.82) is 0 Å². The standard InChI is InChI=1S/C9H16N4O6.C9H13N3O6/c10-9(19-11)1-2-13(8(17)12-9)7-6(16)5(15)4(3-14)18-7;10-18-5-1-2-12(9(16)11-5)8-7(15)6(14)4(3-13)17-8/h1-2,4-7,14-16H,3,10-11H2,(H,12,17);1-2,4,6-8,13-15H,3,10H2/t4-,5-,6-,7-,9?;4-,6-,7-,8-/m11/s1. The molecule has 13 N–H and O–H groups in total. The van der Waals surface area contributed by atoms with E-state index in [1.807, 2.05) is 0 Å². The van der Waals surface area contributed by atoms with Crippen molar-refractivity contribution in [3.05, 3.63) is 35.0 Å². The van der Waals surface area contributed by atoms with E-state index in [-0.39, 0.29) is 5.88 Å². The molecule has 2 fully saturated rings. The Balaban J connectivity index is 0.000000206. The van der Waals surface area contributed by atoms with E-state index in [1.54, 1.807) is 0 Å². The normalized spacial score (nSPS) is 37.2. The zero-order chi connectivity index (χ0) is 27.5. The maximum atomic E-state index is 11.8. The Bertz CT molecular complexity index is 1030. The highest BCUT2D eigenvalue weighted by molar-refractivity contribution is 5.77. The first-order valence-electron chi connectivity index (χ1n) is 10.7.